The van der Waals surface area contributed by atoms with E-state index in [0.717, 1.165) is 11.1 Å². The van der Waals surface area contributed by atoms with Gasteiger partial charge in [-0.1, -0.05) is 45.4 Å². The Bertz CT molecular complexity index is 839. The molecular weight excluding hydrogens is 340 g/mol. The van der Waals surface area contributed by atoms with E-state index in [2.05, 4.69) is 5.32 Å². The summed E-state index contributed by atoms with van der Waals surface area (Å²) in [6.07, 6.45) is 1.86. The number of hydrogen-bond donors (Lipinski definition) is 3. The maximum Gasteiger partial charge on any atom is 0.326 e. The summed E-state index contributed by atoms with van der Waals surface area (Å²) in [5.74, 6) is 0.0872. The predicted octanol–water partition coefficient (Wildman–Crippen LogP) is 5.13. The Labute approximate surface area is 161 Å². The van der Waals surface area contributed by atoms with E-state index in [4.69, 9.17) is 0 Å². The molecule has 0 radical (unpaired) electrons. The molecule has 1 heterocycles. The molecule has 1 aliphatic rings. The van der Waals surface area contributed by atoms with Crippen molar-refractivity contribution >= 4 is 17.4 Å². The highest BCUT2D eigenvalue weighted by molar-refractivity contribution is 6.07. The van der Waals surface area contributed by atoms with Gasteiger partial charge in [-0.15, -0.1) is 0 Å². The van der Waals surface area contributed by atoms with E-state index in [0.29, 0.717) is 23.5 Å². The maximum absolute atomic E-state index is 12.5. The van der Waals surface area contributed by atoms with Crippen LogP contribution in [0.2, 0.25) is 0 Å². The predicted molar refractivity (Wildman–Crippen MR) is 110 cm³/mol. The Kier molecular flexibility index (Phi) is 6.50. The molecule has 0 spiro atoms. The minimum absolute atomic E-state index is 0.0546. The number of amides is 2. The number of aryl methyl sites for hydroxylation is 1. The first-order chi connectivity index (χ1) is 12.9. The van der Waals surface area contributed by atoms with E-state index in [1.807, 2.05) is 65.0 Å². The van der Waals surface area contributed by atoms with Crippen LogP contribution in [0.5, 0.6) is 11.5 Å². The molecule has 0 unspecified atom stereocenters. The monoisotopic (exact) mass is 368 g/mol. The van der Waals surface area contributed by atoms with Gasteiger partial charge in [0.2, 0.25) is 0 Å². The first kappa shape index (κ1) is 20.4. The summed E-state index contributed by atoms with van der Waals surface area (Å²) in [6.45, 7) is 10.3. The first-order valence-electron chi connectivity index (χ1n) is 9.29. The highest BCUT2D eigenvalue weighted by Crippen LogP contribution is 2.38. The summed E-state index contributed by atoms with van der Waals surface area (Å²) in [5, 5.41) is 23.3. The number of anilines is 1. The molecule has 0 fully saturated rings. The third-order valence-corrected chi connectivity index (χ3v) is 4.33. The molecule has 0 bridgehead atoms. The highest BCUT2D eigenvalue weighted by atomic mass is 16.3. The number of rotatable bonds is 3. The van der Waals surface area contributed by atoms with Crippen LogP contribution in [0.3, 0.4) is 0 Å². The van der Waals surface area contributed by atoms with Crippen LogP contribution in [0, 0.1) is 6.92 Å². The first-order valence-corrected chi connectivity index (χ1v) is 9.29. The number of carbonyl (C=O) groups excluding carboxylic acids is 1. The van der Waals surface area contributed by atoms with Gasteiger partial charge in [0.05, 0.1) is 11.4 Å². The van der Waals surface area contributed by atoms with Crippen molar-refractivity contribution < 1.29 is 15.0 Å². The van der Waals surface area contributed by atoms with E-state index in [1.54, 1.807) is 11.0 Å². The molecule has 0 aromatic heterocycles. The molecular formula is C22H28N2O3. The van der Waals surface area contributed by atoms with E-state index < -0.39 is 0 Å². The molecule has 5 nitrogen and oxygen atoms in total. The molecule has 3 rings (SSSR count). The number of nitrogens with one attached hydrogen (secondary N) is 1. The van der Waals surface area contributed by atoms with Gasteiger partial charge in [0.15, 0.2) is 0 Å². The number of phenolic OH excluding ortho intramolecular Hbond substituents is 2. The number of hydrogen-bond acceptors (Lipinski definition) is 3. The molecule has 2 amide bonds. The Balaban J connectivity index is 0.00000126. The van der Waals surface area contributed by atoms with Crippen LogP contribution in [0.25, 0.3) is 5.70 Å². The number of phenols is 2. The zero-order valence-corrected chi connectivity index (χ0v) is 16.6. The molecule has 144 valence electrons. The second-order valence-corrected chi connectivity index (χ2v) is 6.53. The van der Waals surface area contributed by atoms with Gasteiger partial charge >= 0.3 is 6.03 Å². The Morgan fingerprint density at radius 1 is 1.04 bits per heavy atom. The van der Waals surface area contributed by atoms with Crippen molar-refractivity contribution in [3.8, 4) is 11.5 Å². The van der Waals surface area contributed by atoms with Crippen LogP contribution in [0.4, 0.5) is 10.5 Å². The standard InChI is InChI=1S/C20H22N2O3.C2H6/c1-12(2)15-10-16(19(24)11-18(15)23)17-8-9-21-20(25)22(17)14-6-4-13(3)5-7-14;1-2/h4-8,10-12,23-24H,9H2,1-3H3,(H,21,25);1-2H3. The van der Waals surface area contributed by atoms with Crippen LogP contribution in [-0.4, -0.2) is 22.8 Å². The Hall–Kier alpha value is -2.95. The third kappa shape index (κ3) is 4.25. The molecule has 2 aromatic carbocycles. The average molecular weight is 368 g/mol. The van der Waals surface area contributed by atoms with E-state index in [-0.39, 0.29) is 23.4 Å². The number of aromatic hydroxyl groups is 2. The van der Waals surface area contributed by atoms with Gasteiger partial charge in [-0.3, -0.25) is 4.90 Å². The summed E-state index contributed by atoms with van der Waals surface area (Å²) in [6, 6.07) is 10.5. The van der Waals surface area contributed by atoms with Gasteiger partial charge in [0.25, 0.3) is 0 Å². The second-order valence-electron chi connectivity index (χ2n) is 6.53. The lowest BCUT2D eigenvalue weighted by Crippen LogP contribution is -2.42. The Morgan fingerprint density at radius 2 is 1.67 bits per heavy atom. The van der Waals surface area contributed by atoms with E-state index in [9.17, 15) is 15.0 Å². The summed E-state index contributed by atoms with van der Waals surface area (Å²) in [7, 11) is 0. The Morgan fingerprint density at radius 3 is 2.26 bits per heavy atom. The van der Waals surface area contributed by atoms with Gasteiger partial charge in [-0.05, 0) is 42.7 Å². The molecule has 2 aromatic rings. The summed E-state index contributed by atoms with van der Waals surface area (Å²) in [5.41, 5.74) is 3.67. The maximum atomic E-state index is 12.5. The normalized spacial score (nSPS) is 13.6. The molecule has 3 N–H and O–H groups in total. The van der Waals surface area contributed by atoms with Crippen molar-refractivity contribution in [2.45, 2.75) is 40.5 Å². The summed E-state index contributed by atoms with van der Waals surface area (Å²) < 4.78 is 0. The van der Waals surface area contributed by atoms with Crippen LogP contribution in [0.1, 0.15) is 50.3 Å². The van der Waals surface area contributed by atoms with Crippen molar-refractivity contribution in [2.75, 3.05) is 11.4 Å². The molecule has 0 saturated heterocycles. The zero-order chi connectivity index (χ0) is 20.1. The van der Waals surface area contributed by atoms with Crippen LogP contribution >= 0.6 is 0 Å². The van der Waals surface area contributed by atoms with Crippen molar-refractivity contribution in [3.05, 3.63) is 59.2 Å². The molecule has 5 heteroatoms. The van der Waals surface area contributed by atoms with E-state index in [1.165, 1.54) is 6.07 Å². The van der Waals surface area contributed by atoms with Gasteiger partial charge in [0, 0.05) is 18.2 Å². The van der Waals surface area contributed by atoms with Gasteiger partial charge in [0.1, 0.15) is 11.5 Å². The van der Waals surface area contributed by atoms with Crippen LogP contribution in [0.15, 0.2) is 42.5 Å². The van der Waals surface area contributed by atoms with Crippen molar-refractivity contribution in [3.63, 3.8) is 0 Å². The number of benzene rings is 2. The van der Waals surface area contributed by atoms with Gasteiger partial charge in [-0.2, -0.15) is 0 Å². The lowest BCUT2D eigenvalue weighted by atomic mass is 9.96. The van der Waals surface area contributed by atoms with Crippen LogP contribution in [-0.2, 0) is 0 Å². The second kappa shape index (κ2) is 8.62. The largest absolute Gasteiger partial charge is 0.508 e. The minimum Gasteiger partial charge on any atom is -0.508 e. The SMILES string of the molecule is CC.Cc1ccc(N2C(=O)NCC=C2c2cc(C(C)C)c(O)cc2O)cc1. The smallest absolute Gasteiger partial charge is 0.326 e. The topological polar surface area (TPSA) is 72.8 Å². The average Bonchev–Trinajstić information content (AvgIpc) is 2.64. The minimum atomic E-state index is -0.250. The fourth-order valence-electron chi connectivity index (χ4n) is 2.96. The lowest BCUT2D eigenvalue weighted by Gasteiger charge is -2.30. The zero-order valence-electron chi connectivity index (χ0n) is 16.6. The molecule has 1 aliphatic heterocycles. The van der Waals surface area contributed by atoms with Gasteiger partial charge in [-0.25, -0.2) is 4.79 Å². The number of carbonyl (C=O) groups is 1. The van der Waals surface area contributed by atoms with E-state index >= 15 is 0 Å². The van der Waals surface area contributed by atoms with Crippen LogP contribution < -0.4 is 10.2 Å². The number of nitrogens with zero attached hydrogens (tertiary/aromatic N) is 1. The summed E-state index contributed by atoms with van der Waals surface area (Å²) in [4.78, 5) is 14.0. The molecule has 0 saturated carbocycles. The fraction of sp³-hybridized carbons (Fsp3) is 0.318. The molecule has 0 atom stereocenters. The fourth-order valence-corrected chi connectivity index (χ4v) is 2.96. The molecule has 27 heavy (non-hydrogen) atoms. The molecule has 0 aliphatic carbocycles. The highest BCUT2D eigenvalue weighted by Gasteiger charge is 2.27. The summed E-state index contributed by atoms with van der Waals surface area (Å²) >= 11 is 0. The van der Waals surface area contributed by atoms with Gasteiger partial charge < -0.3 is 15.5 Å². The van der Waals surface area contributed by atoms with Crippen molar-refractivity contribution in [2.24, 2.45) is 0 Å². The lowest BCUT2D eigenvalue weighted by molar-refractivity contribution is 0.249. The third-order valence-electron chi connectivity index (χ3n) is 4.33. The van der Waals surface area contributed by atoms with Crippen molar-refractivity contribution in [1.29, 1.82) is 0 Å². The van der Waals surface area contributed by atoms with Crippen molar-refractivity contribution in [1.82, 2.24) is 5.32 Å². The number of urea groups is 1. The quantitative estimate of drug-likeness (QED) is 0.703.